The number of carbonyl (C=O) groups is 2. The molecule has 0 spiro atoms. The van der Waals surface area contributed by atoms with Gasteiger partial charge in [-0.2, -0.15) is 0 Å². The molecule has 0 aliphatic carbocycles. The highest BCUT2D eigenvalue weighted by Crippen LogP contribution is 2.10. The summed E-state index contributed by atoms with van der Waals surface area (Å²) in [4.78, 5) is 23.9. The molecule has 0 saturated carbocycles. The number of hydrogen-bond donors (Lipinski definition) is 0. The number of hydrogen-bond acceptors (Lipinski definition) is 3. The molecule has 1 saturated heterocycles. The Hall–Kier alpha value is -1.91. The molecule has 2 amide bonds. The van der Waals surface area contributed by atoms with E-state index in [-0.39, 0.29) is 18.3 Å². The number of carbonyl (C=O) groups excluding carboxylic acids is 2. The predicted octanol–water partition coefficient (Wildman–Crippen LogP) is 2.13. The molecule has 1 aromatic rings. The highest BCUT2D eigenvalue weighted by Gasteiger charge is 2.27. The van der Waals surface area contributed by atoms with Gasteiger partial charge in [0.05, 0.1) is 6.54 Å². The van der Waals surface area contributed by atoms with Crippen molar-refractivity contribution in [3.8, 4) is 0 Å². The van der Waals surface area contributed by atoms with Crippen LogP contribution in [0.25, 0.3) is 0 Å². The number of halogens is 1. The van der Waals surface area contributed by atoms with Crippen LogP contribution in [0.3, 0.4) is 0 Å². The molecule has 1 fully saturated rings. The van der Waals surface area contributed by atoms with Crippen molar-refractivity contribution in [1.82, 2.24) is 4.90 Å². The van der Waals surface area contributed by atoms with Gasteiger partial charge in [0.1, 0.15) is 12.4 Å². The van der Waals surface area contributed by atoms with E-state index < -0.39 is 6.09 Å². The van der Waals surface area contributed by atoms with Gasteiger partial charge in [-0.3, -0.25) is 4.79 Å². The van der Waals surface area contributed by atoms with E-state index >= 15 is 0 Å². The average Bonchev–Trinajstić information content (AvgIpc) is 2.78. The summed E-state index contributed by atoms with van der Waals surface area (Å²) in [7, 11) is 0. The van der Waals surface area contributed by atoms with Crippen LogP contribution in [0.4, 0.5) is 9.18 Å². The first-order valence-electron chi connectivity index (χ1n) is 5.88. The van der Waals surface area contributed by atoms with Crippen molar-refractivity contribution in [1.29, 1.82) is 0 Å². The molecule has 0 unspecified atom stereocenters. The molecular weight excluding hydrogens is 237 g/mol. The van der Waals surface area contributed by atoms with Gasteiger partial charge < -0.3 is 4.74 Å². The second-order valence-corrected chi connectivity index (χ2v) is 4.14. The molecule has 96 valence electrons. The molecule has 18 heavy (non-hydrogen) atoms. The summed E-state index contributed by atoms with van der Waals surface area (Å²) in [6.45, 7) is 0.622. The molecular formula is C13H14FNO3. The Labute approximate surface area is 104 Å². The maximum atomic E-state index is 12.7. The Kier molecular flexibility index (Phi) is 3.92. The van der Waals surface area contributed by atoms with Crippen LogP contribution in [0, 0.1) is 5.82 Å². The van der Waals surface area contributed by atoms with Crippen LogP contribution in [0.2, 0.25) is 0 Å². The first-order chi connectivity index (χ1) is 8.66. The fraction of sp³-hybridized carbons (Fsp3) is 0.385. The number of cyclic esters (lactones) is 1. The fourth-order valence-electron chi connectivity index (χ4n) is 1.85. The number of benzene rings is 1. The van der Waals surface area contributed by atoms with Crippen LogP contribution < -0.4 is 0 Å². The Morgan fingerprint density at radius 3 is 2.67 bits per heavy atom. The van der Waals surface area contributed by atoms with Crippen LogP contribution in [0.1, 0.15) is 18.4 Å². The van der Waals surface area contributed by atoms with Crippen molar-refractivity contribution in [3.05, 3.63) is 35.6 Å². The first-order valence-corrected chi connectivity index (χ1v) is 5.88. The predicted molar refractivity (Wildman–Crippen MR) is 62.4 cm³/mol. The summed E-state index contributed by atoms with van der Waals surface area (Å²) in [6, 6.07) is 6.19. The summed E-state index contributed by atoms with van der Waals surface area (Å²) in [6.07, 6.45) is 1.07. The summed E-state index contributed by atoms with van der Waals surface area (Å²) in [5, 5.41) is 0. The Balaban J connectivity index is 1.76. The zero-order chi connectivity index (χ0) is 13.0. The summed E-state index contributed by atoms with van der Waals surface area (Å²) < 4.78 is 17.4. The van der Waals surface area contributed by atoms with Gasteiger partial charge in [0.25, 0.3) is 0 Å². The van der Waals surface area contributed by atoms with E-state index in [0.29, 0.717) is 25.8 Å². The lowest BCUT2D eigenvalue weighted by molar-refractivity contribution is -0.127. The zero-order valence-electron chi connectivity index (χ0n) is 9.89. The van der Waals surface area contributed by atoms with Crippen LogP contribution in [0.5, 0.6) is 0 Å². The highest BCUT2D eigenvalue weighted by atomic mass is 19.1. The molecule has 0 radical (unpaired) electrons. The minimum atomic E-state index is -0.554. The van der Waals surface area contributed by atoms with Gasteiger partial charge in [-0.25, -0.2) is 14.1 Å². The second-order valence-electron chi connectivity index (χ2n) is 4.14. The van der Waals surface area contributed by atoms with Gasteiger partial charge in [-0.05, 0) is 30.5 Å². The standard InChI is InChI=1S/C13H14FNO3/c14-11-6-4-10(5-7-11)2-1-3-12(16)15-8-9-18-13(15)17/h4-7H,1-3,8-9H2. The number of rotatable bonds is 4. The average molecular weight is 251 g/mol. The third-order valence-electron chi connectivity index (χ3n) is 2.83. The SMILES string of the molecule is O=C(CCCc1ccc(F)cc1)N1CCOC1=O. The quantitative estimate of drug-likeness (QED) is 0.823. The molecule has 1 aliphatic rings. The second kappa shape index (κ2) is 5.62. The maximum absolute atomic E-state index is 12.7. The van der Waals surface area contributed by atoms with Crippen LogP contribution in [0.15, 0.2) is 24.3 Å². The van der Waals surface area contributed by atoms with E-state index in [1.54, 1.807) is 12.1 Å². The number of imide groups is 1. The van der Waals surface area contributed by atoms with Crippen LogP contribution >= 0.6 is 0 Å². The lowest BCUT2D eigenvalue weighted by Gasteiger charge is -2.10. The van der Waals surface area contributed by atoms with Crippen molar-refractivity contribution in [2.75, 3.05) is 13.2 Å². The lowest BCUT2D eigenvalue weighted by atomic mass is 10.1. The minimum absolute atomic E-state index is 0.209. The van der Waals surface area contributed by atoms with Crippen molar-refractivity contribution >= 4 is 12.0 Å². The van der Waals surface area contributed by atoms with Gasteiger partial charge in [-0.15, -0.1) is 0 Å². The van der Waals surface area contributed by atoms with Gasteiger partial charge >= 0.3 is 6.09 Å². The molecule has 5 heteroatoms. The third-order valence-corrected chi connectivity index (χ3v) is 2.83. The molecule has 4 nitrogen and oxygen atoms in total. The van der Waals surface area contributed by atoms with E-state index in [1.165, 1.54) is 12.1 Å². The van der Waals surface area contributed by atoms with Crippen molar-refractivity contribution in [3.63, 3.8) is 0 Å². The van der Waals surface area contributed by atoms with Crippen LogP contribution in [-0.4, -0.2) is 30.1 Å². The summed E-state index contributed by atoms with van der Waals surface area (Å²) in [5.41, 5.74) is 0.980. The maximum Gasteiger partial charge on any atom is 0.416 e. The third kappa shape index (κ3) is 3.06. The highest BCUT2D eigenvalue weighted by molar-refractivity contribution is 5.92. The summed E-state index contributed by atoms with van der Waals surface area (Å²) in [5.74, 6) is -0.478. The molecule has 1 aromatic carbocycles. The minimum Gasteiger partial charge on any atom is -0.447 e. The molecule has 1 aliphatic heterocycles. The van der Waals surface area contributed by atoms with E-state index in [2.05, 4.69) is 4.74 Å². The van der Waals surface area contributed by atoms with E-state index in [0.717, 1.165) is 10.5 Å². The Bertz CT molecular complexity index is 444. The van der Waals surface area contributed by atoms with Gasteiger partial charge in [0, 0.05) is 6.42 Å². The first kappa shape index (κ1) is 12.5. The smallest absolute Gasteiger partial charge is 0.416 e. The Morgan fingerprint density at radius 2 is 2.06 bits per heavy atom. The number of aryl methyl sites for hydroxylation is 1. The fourth-order valence-corrected chi connectivity index (χ4v) is 1.85. The molecule has 2 rings (SSSR count). The van der Waals surface area contributed by atoms with Crippen molar-refractivity contribution < 1.29 is 18.7 Å². The molecule has 1 heterocycles. The van der Waals surface area contributed by atoms with Gasteiger partial charge in [0.15, 0.2) is 0 Å². The van der Waals surface area contributed by atoms with Gasteiger partial charge in [0.2, 0.25) is 5.91 Å². The number of amides is 2. The molecule has 0 atom stereocenters. The number of nitrogens with zero attached hydrogens (tertiary/aromatic N) is 1. The van der Waals surface area contributed by atoms with E-state index in [4.69, 9.17) is 0 Å². The summed E-state index contributed by atoms with van der Waals surface area (Å²) >= 11 is 0. The van der Waals surface area contributed by atoms with E-state index in [9.17, 15) is 14.0 Å². The number of ether oxygens (including phenoxy) is 1. The largest absolute Gasteiger partial charge is 0.447 e. The van der Waals surface area contributed by atoms with Gasteiger partial charge in [-0.1, -0.05) is 12.1 Å². The van der Waals surface area contributed by atoms with Crippen molar-refractivity contribution in [2.45, 2.75) is 19.3 Å². The molecule has 0 bridgehead atoms. The van der Waals surface area contributed by atoms with Crippen LogP contribution in [-0.2, 0) is 16.0 Å². The topological polar surface area (TPSA) is 46.6 Å². The lowest BCUT2D eigenvalue weighted by Crippen LogP contribution is -2.31. The zero-order valence-corrected chi connectivity index (χ0v) is 9.89. The Morgan fingerprint density at radius 1 is 1.33 bits per heavy atom. The molecule has 0 aromatic heterocycles. The molecule has 0 N–H and O–H groups in total. The van der Waals surface area contributed by atoms with Crippen molar-refractivity contribution in [2.24, 2.45) is 0 Å². The van der Waals surface area contributed by atoms with E-state index in [1.807, 2.05) is 0 Å². The normalized spacial score (nSPS) is 14.7. The monoisotopic (exact) mass is 251 g/mol.